The molecule has 0 fully saturated rings. The van der Waals surface area contributed by atoms with Crippen molar-refractivity contribution in [3.63, 3.8) is 0 Å². The standard InChI is InChI=1S/C16H22N2O/c1-4-8-18(9-5-2)16(19)15-11-13-10-12(3)6-7-14(13)17-15/h6-7,10-11,17H,4-5,8-9H2,1-3H3. The van der Waals surface area contributed by atoms with Crippen molar-refractivity contribution in [1.82, 2.24) is 9.88 Å². The van der Waals surface area contributed by atoms with E-state index < -0.39 is 0 Å². The first-order chi connectivity index (χ1) is 9.15. The van der Waals surface area contributed by atoms with Crippen LogP contribution in [0.15, 0.2) is 24.3 Å². The van der Waals surface area contributed by atoms with Crippen molar-refractivity contribution in [3.8, 4) is 0 Å². The van der Waals surface area contributed by atoms with Crippen molar-refractivity contribution in [2.45, 2.75) is 33.6 Å². The number of hydrogen-bond acceptors (Lipinski definition) is 1. The monoisotopic (exact) mass is 258 g/mol. The highest BCUT2D eigenvalue weighted by molar-refractivity contribution is 5.98. The van der Waals surface area contributed by atoms with Crippen LogP contribution >= 0.6 is 0 Å². The molecule has 1 aromatic heterocycles. The van der Waals surface area contributed by atoms with Crippen molar-refractivity contribution in [2.75, 3.05) is 13.1 Å². The second-order valence-electron chi connectivity index (χ2n) is 5.07. The number of benzene rings is 1. The molecule has 0 atom stereocenters. The van der Waals surface area contributed by atoms with Gasteiger partial charge in [-0.1, -0.05) is 25.5 Å². The van der Waals surface area contributed by atoms with Gasteiger partial charge in [-0.15, -0.1) is 0 Å². The highest BCUT2D eigenvalue weighted by Gasteiger charge is 2.16. The fraction of sp³-hybridized carbons (Fsp3) is 0.438. The third-order valence-electron chi connectivity index (χ3n) is 3.28. The first-order valence-corrected chi connectivity index (χ1v) is 7.04. The number of H-pyrrole nitrogens is 1. The second-order valence-corrected chi connectivity index (χ2v) is 5.07. The Hall–Kier alpha value is -1.77. The molecule has 1 aromatic carbocycles. The average Bonchev–Trinajstić information content (AvgIpc) is 2.80. The van der Waals surface area contributed by atoms with E-state index in [-0.39, 0.29) is 5.91 Å². The molecule has 0 bridgehead atoms. The third-order valence-corrected chi connectivity index (χ3v) is 3.28. The number of amides is 1. The molecule has 2 rings (SSSR count). The molecule has 0 saturated carbocycles. The summed E-state index contributed by atoms with van der Waals surface area (Å²) in [5.41, 5.74) is 2.94. The molecule has 1 heterocycles. The van der Waals surface area contributed by atoms with Crippen LogP contribution < -0.4 is 0 Å². The number of aromatic nitrogens is 1. The summed E-state index contributed by atoms with van der Waals surface area (Å²) in [5, 5.41) is 1.11. The van der Waals surface area contributed by atoms with Gasteiger partial charge < -0.3 is 9.88 Å². The number of aryl methyl sites for hydroxylation is 1. The van der Waals surface area contributed by atoms with Gasteiger partial charge in [-0.05, 0) is 38.0 Å². The first kappa shape index (κ1) is 13.7. The topological polar surface area (TPSA) is 36.1 Å². The minimum Gasteiger partial charge on any atom is -0.351 e. The summed E-state index contributed by atoms with van der Waals surface area (Å²) in [7, 11) is 0. The molecule has 3 nitrogen and oxygen atoms in total. The van der Waals surface area contributed by atoms with Crippen molar-refractivity contribution in [3.05, 3.63) is 35.5 Å². The van der Waals surface area contributed by atoms with Gasteiger partial charge in [0.05, 0.1) is 0 Å². The number of nitrogens with zero attached hydrogens (tertiary/aromatic N) is 1. The highest BCUT2D eigenvalue weighted by atomic mass is 16.2. The summed E-state index contributed by atoms with van der Waals surface area (Å²) < 4.78 is 0. The zero-order valence-electron chi connectivity index (χ0n) is 12.0. The number of hydrogen-bond donors (Lipinski definition) is 1. The first-order valence-electron chi connectivity index (χ1n) is 7.04. The largest absolute Gasteiger partial charge is 0.351 e. The lowest BCUT2D eigenvalue weighted by atomic mass is 10.2. The number of carbonyl (C=O) groups is 1. The Morgan fingerprint density at radius 2 is 1.84 bits per heavy atom. The molecule has 0 spiro atoms. The van der Waals surface area contributed by atoms with Crippen LogP contribution in [0.5, 0.6) is 0 Å². The number of aromatic amines is 1. The molecule has 0 radical (unpaired) electrons. The van der Waals surface area contributed by atoms with Gasteiger partial charge >= 0.3 is 0 Å². The van der Waals surface area contributed by atoms with Crippen LogP contribution in [0, 0.1) is 6.92 Å². The second kappa shape index (κ2) is 5.91. The molecule has 0 aliphatic carbocycles. The predicted octanol–water partition coefficient (Wildman–Crippen LogP) is 3.74. The van der Waals surface area contributed by atoms with E-state index in [4.69, 9.17) is 0 Å². The maximum Gasteiger partial charge on any atom is 0.270 e. The van der Waals surface area contributed by atoms with Crippen molar-refractivity contribution in [2.24, 2.45) is 0 Å². The van der Waals surface area contributed by atoms with Crippen molar-refractivity contribution >= 4 is 16.8 Å². The maximum absolute atomic E-state index is 12.5. The minimum absolute atomic E-state index is 0.109. The molecule has 19 heavy (non-hydrogen) atoms. The van der Waals surface area contributed by atoms with Crippen LogP contribution in [-0.4, -0.2) is 28.9 Å². The third kappa shape index (κ3) is 2.98. The van der Waals surface area contributed by atoms with Crippen LogP contribution in [0.25, 0.3) is 10.9 Å². The summed E-state index contributed by atoms with van der Waals surface area (Å²) in [6.07, 6.45) is 1.98. The Morgan fingerprint density at radius 3 is 2.47 bits per heavy atom. The molecule has 2 aromatic rings. The van der Waals surface area contributed by atoms with E-state index in [0.29, 0.717) is 5.69 Å². The minimum atomic E-state index is 0.109. The van der Waals surface area contributed by atoms with Crippen molar-refractivity contribution in [1.29, 1.82) is 0 Å². The van der Waals surface area contributed by atoms with Gasteiger partial charge in [0, 0.05) is 24.0 Å². The van der Waals surface area contributed by atoms with Gasteiger partial charge in [0.2, 0.25) is 0 Å². The molecule has 0 saturated heterocycles. The molecule has 102 valence electrons. The van der Waals surface area contributed by atoms with E-state index in [1.54, 1.807) is 0 Å². The van der Waals surface area contributed by atoms with Gasteiger partial charge in [-0.3, -0.25) is 4.79 Å². The van der Waals surface area contributed by atoms with E-state index in [2.05, 4.69) is 37.9 Å². The van der Waals surface area contributed by atoms with Crippen molar-refractivity contribution < 1.29 is 4.79 Å². The quantitative estimate of drug-likeness (QED) is 0.871. The van der Waals surface area contributed by atoms with Gasteiger partial charge in [0.15, 0.2) is 0 Å². The molecule has 0 aliphatic rings. The lowest BCUT2D eigenvalue weighted by molar-refractivity contribution is 0.0750. The van der Waals surface area contributed by atoms with Crippen LogP contribution in [0.1, 0.15) is 42.7 Å². The van der Waals surface area contributed by atoms with Crippen LogP contribution in [0.2, 0.25) is 0 Å². The summed E-state index contributed by atoms with van der Waals surface area (Å²) in [6.45, 7) is 7.91. The Labute approximate surface area is 114 Å². The smallest absolute Gasteiger partial charge is 0.270 e. The fourth-order valence-electron chi connectivity index (χ4n) is 2.39. The number of rotatable bonds is 5. The van der Waals surface area contributed by atoms with Gasteiger partial charge in [0.1, 0.15) is 5.69 Å². The summed E-state index contributed by atoms with van der Waals surface area (Å²) >= 11 is 0. The zero-order chi connectivity index (χ0) is 13.8. The van der Waals surface area contributed by atoms with E-state index in [9.17, 15) is 4.79 Å². The summed E-state index contributed by atoms with van der Waals surface area (Å²) in [6, 6.07) is 8.16. The average molecular weight is 258 g/mol. The van der Waals surface area contributed by atoms with E-state index in [0.717, 1.165) is 36.8 Å². The Morgan fingerprint density at radius 1 is 1.16 bits per heavy atom. The van der Waals surface area contributed by atoms with Crippen LogP contribution in [0.4, 0.5) is 0 Å². The molecular formula is C16H22N2O. The van der Waals surface area contributed by atoms with Gasteiger partial charge in [-0.25, -0.2) is 0 Å². The normalized spacial score (nSPS) is 10.9. The lowest BCUT2D eigenvalue weighted by Gasteiger charge is -2.20. The molecule has 3 heteroatoms. The lowest BCUT2D eigenvalue weighted by Crippen LogP contribution is -2.32. The number of nitrogens with one attached hydrogen (secondary N) is 1. The highest BCUT2D eigenvalue weighted by Crippen LogP contribution is 2.18. The summed E-state index contributed by atoms with van der Waals surface area (Å²) in [4.78, 5) is 17.6. The van der Waals surface area contributed by atoms with Crippen LogP contribution in [-0.2, 0) is 0 Å². The van der Waals surface area contributed by atoms with Crippen LogP contribution in [0.3, 0.4) is 0 Å². The van der Waals surface area contributed by atoms with E-state index in [1.165, 1.54) is 5.56 Å². The number of carbonyl (C=O) groups excluding carboxylic acids is 1. The molecule has 0 aliphatic heterocycles. The zero-order valence-corrected chi connectivity index (χ0v) is 12.0. The Bertz CT molecular complexity index is 565. The fourth-order valence-corrected chi connectivity index (χ4v) is 2.39. The Kier molecular flexibility index (Phi) is 4.25. The SMILES string of the molecule is CCCN(CCC)C(=O)c1cc2cc(C)ccc2[nH]1. The summed E-state index contributed by atoms with van der Waals surface area (Å²) in [5.74, 6) is 0.109. The maximum atomic E-state index is 12.5. The van der Waals surface area contributed by atoms with Gasteiger partial charge in [-0.2, -0.15) is 0 Å². The van der Waals surface area contributed by atoms with Gasteiger partial charge in [0.25, 0.3) is 5.91 Å². The Balaban J connectivity index is 2.29. The predicted molar refractivity (Wildman–Crippen MR) is 79.5 cm³/mol. The molecule has 1 N–H and O–H groups in total. The molecule has 1 amide bonds. The van der Waals surface area contributed by atoms with E-state index in [1.807, 2.05) is 17.0 Å². The molecule has 0 unspecified atom stereocenters. The number of fused-ring (bicyclic) bond motifs is 1. The molecular weight excluding hydrogens is 236 g/mol. The van der Waals surface area contributed by atoms with E-state index >= 15 is 0 Å².